The Hall–Kier alpha value is -2.44. The highest BCUT2D eigenvalue weighted by Crippen LogP contribution is 2.26. The number of carbonyl (C=O) groups excluding carboxylic acids is 1. The average Bonchev–Trinajstić information content (AvgIpc) is 3.05. The van der Waals surface area contributed by atoms with Gasteiger partial charge < -0.3 is 15.0 Å². The molecule has 1 aliphatic rings. The standard InChI is InChI=1S/C14H14FN3O3/c1-7-9-2-3-16-12(9)17-5-10(7)13(19)18-6-8(15)4-11(18)14(20)21/h2-3,5,8,11H,4,6H2,1H3,(H,16,17)(H,20,21)/t8-,11-/m0/s1. The summed E-state index contributed by atoms with van der Waals surface area (Å²) in [6, 6.07) is 0.680. The van der Waals surface area contributed by atoms with Crippen LogP contribution in [0.3, 0.4) is 0 Å². The summed E-state index contributed by atoms with van der Waals surface area (Å²) in [4.78, 5) is 31.9. The Bertz CT molecular complexity index is 727. The highest BCUT2D eigenvalue weighted by molar-refractivity contribution is 6.01. The number of likely N-dealkylation sites (tertiary alicyclic amines) is 1. The molecule has 1 aliphatic heterocycles. The fraction of sp³-hybridized carbons (Fsp3) is 0.357. The number of pyridine rings is 1. The summed E-state index contributed by atoms with van der Waals surface area (Å²) in [5.41, 5.74) is 1.67. The van der Waals surface area contributed by atoms with Crippen molar-refractivity contribution >= 4 is 22.9 Å². The Morgan fingerprint density at radius 1 is 1.52 bits per heavy atom. The van der Waals surface area contributed by atoms with Crippen molar-refractivity contribution in [3.63, 3.8) is 0 Å². The molecule has 0 aromatic carbocycles. The fourth-order valence-electron chi connectivity index (χ4n) is 2.75. The van der Waals surface area contributed by atoms with Crippen LogP contribution in [0, 0.1) is 6.92 Å². The molecule has 2 aromatic heterocycles. The predicted molar refractivity (Wildman–Crippen MR) is 72.8 cm³/mol. The van der Waals surface area contributed by atoms with Crippen LogP contribution in [-0.2, 0) is 4.79 Å². The fourth-order valence-corrected chi connectivity index (χ4v) is 2.75. The highest BCUT2D eigenvalue weighted by atomic mass is 19.1. The molecule has 0 spiro atoms. The molecule has 3 heterocycles. The van der Waals surface area contributed by atoms with E-state index in [9.17, 15) is 14.0 Å². The zero-order valence-electron chi connectivity index (χ0n) is 11.3. The smallest absolute Gasteiger partial charge is 0.326 e. The molecule has 110 valence electrons. The number of carbonyl (C=O) groups is 2. The van der Waals surface area contributed by atoms with Crippen LogP contribution in [0.4, 0.5) is 4.39 Å². The minimum absolute atomic E-state index is 0.167. The molecule has 0 unspecified atom stereocenters. The molecule has 0 saturated carbocycles. The lowest BCUT2D eigenvalue weighted by Gasteiger charge is -2.21. The van der Waals surface area contributed by atoms with E-state index >= 15 is 0 Å². The average molecular weight is 291 g/mol. The van der Waals surface area contributed by atoms with Crippen molar-refractivity contribution in [2.24, 2.45) is 0 Å². The molecule has 0 radical (unpaired) electrons. The largest absolute Gasteiger partial charge is 0.480 e. The van der Waals surface area contributed by atoms with Crippen LogP contribution in [0.15, 0.2) is 18.5 Å². The van der Waals surface area contributed by atoms with Crippen molar-refractivity contribution < 1.29 is 19.1 Å². The van der Waals surface area contributed by atoms with Gasteiger partial charge in [-0.15, -0.1) is 0 Å². The summed E-state index contributed by atoms with van der Waals surface area (Å²) in [6.45, 7) is 1.57. The molecule has 1 saturated heterocycles. The molecule has 3 rings (SSSR count). The molecule has 0 bridgehead atoms. The third kappa shape index (κ3) is 2.14. The van der Waals surface area contributed by atoms with Gasteiger partial charge in [0.2, 0.25) is 0 Å². The first-order valence-electron chi connectivity index (χ1n) is 6.59. The monoisotopic (exact) mass is 291 g/mol. The highest BCUT2D eigenvalue weighted by Gasteiger charge is 2.40. The van der Waals surface area contributed by atoms with E-state index in [1.54, 1.807) is 19.2 Å². The lowest BCUT2D eigenvalue weighted by atomic mass is 10.1. The number of carboxylic acid groups (broad SMARTS) is 1. The third-order valence-corrected chi connectivity index (χ3v) is 3.88. The van der Waals surface area contributed by atoms with Crippen molar-refractivity contribution in [1.29, 1.82) is 0 Å². The number of aryl methyl sites for hydroxylation is 1. The Morgan fingerprint density at radius 2 is 2.29 bits per heavy atom. The topological polar surface area (TPSA) is 86.3 Å². The van der Waals surface area contributed by atoms with Gasteiger partial charge in [-0.1, -0.05) is 0 Å². The number of aromatic amines is 1. The molecule has 6 nitrogen and oxygen atoms in total. The van der Waals surface area contributed by atoms with Gasteiger partial charge in [0.15, 0.2) is 0 Å². The maximum atomic E-state index is 13.5. The van der Waals surface area contributed by atoms with E-state index in [4.69, 9.17) is 5.11 Å². The third-order valence-electron chi connectivity index (χ3n) is 3.88. The van der Waals surface area contributed by atoms with Gasteiger partial charge in [0.1, 0.15) is 17.9 Å². The van der Waals surface area contributed by atoms with Gasteiger partial charge >= 0.3 is 5.97 Å². The van der Waals surface area contributed by atoms with Crippen molar-refractivity contribution in [3.05, 3.63) is 29.6 Å². The lowest BCUT2D eigenvalue weighted by Crippen LogP contribution is -2.40. The van der Waals surface area contributed by atoms with Gasteiger partial charge in [0, 0.05) is 24.2 Å². The van der Waals surface area contributed by atoms with E-state index in [0.717, 1.165) is 10.3 Å². The number of aromatic nitrogens is 2. The molecule has 1 amide bonds. The Balaban J connectivity index is 2.00. The number of nitrogens with zero attached hydrogens (tertiary/aromatic N) is 2. The van der Waals surface area contributed by atoms with Crippen LogP contribution >= 0.6 is 0 Å². The Labute approximate surface area is 119 Å². The Kier molecular flexibility index (Phi) is 3.12. The van der Waals surface area contributed by atoms with Gasteiger partial charge in [-0.2, -0.15) is 0 Å². The van der Waals surface area contributed by atoms with Gasteiger partial charge in [-0.3, -0.25) is 4.79 Å². The van der Waals surface area contributed by atoms with E-state index in [1.165, 1.54) is 6.20 Å². The molecule has 0 aliphatic carbocycles. The molecule has 7 heteroatoms. The van der Waals surface area contributed by atoms with Crippen molar-refractivity contribution in [2.75, 3.05) is 6.54 Å². The molecule has 2 atom stereocenters. The summed E-state index contributed by atoms with van der Waals surface area (Å²) < 4.78 is 13.5. The number of amides is 1. The van der Waals surface area contributed by atoms with Crippen molar-refractivity contribution in [2.45, 2.75) is 25.6 Å². The maximum absolute atomic E-state index is 13.5. The molecule has 2 aromatic rings. The molecular formula is C14H14FN3O3. The van der Waals surface area contributed by atoms with Gasteiger partial charge in [0.05, 0.1) is 12.1 Å². The first-order chi connectivity index (χ1) is 9.99. The second kappa shape index (κ2) is 4.83. The van der Waals surface area contributed by atoms with Crippen LogP contribution < -0.4 is 0 Å². The molecule has 2 N–H and O–H groups in total. The summed E-state index contributed by atoms with van der Waals surface area (Å²) in [5.74, 6) is -1.67. The van der Waals surface area contributed by atoms with Gasteiger partial charge in [-0.25, -0.2) is 14.2 Å². The number of carboxylic acids is 1. The predicted octanol–water partition coefficient (Wildman–Crippen LogP) is 1.51. The quantitative estimate of drug-likeness (QED) is 0.878. The maximum Gasteiger partial charge on any atom is 0.326 e. The molecule has 1 fully saturated rings. The SMILES string of the molecule is Cc1c(C(=O)N2C[C@@H](F)C[C@H]2C(=O)O)cnc2[nH]ccc12. The normalized spacial score (nSPS) is 21.9. The number of rotatable bonds is 2. The van der Waals surface area contributed by atoms with E-state index < -0.39 is 24.1 Å². The first kappa shape index (κ1) is 13.5. The van der Waals surface area contributed by atoms with Crippen LogP contribution in [0.25, 0.3) is 11.0 Å². The van der Waals surface area contributed by atoms with Gasteiger partial charge in [0.25, 0.3) is 5.91 Å². The Morgan fingerprint density at radius 3 is 3.00 bits per heavy atom. The van der Waals surface area contributed by atoms with Crippen LogP contribution in [0.1, 0.15) is 22.3 Å². The number of hydrogen-bond donors (Lipinski definition) is 2. The minimum Gasteiger partial charge on any atom is -0.480 e. The van der Waals surface area contributed by atoms with E-state index in [1.807, 2.05) is 0 Å². The number of aliphatic carboxylic acids is 1. The van der Waals surface area contributed by atoms with E-state index in [0.29, 0.717) is 16.8 Å². The van der Waals surface area contributed by atoms with Crippen LogP contribution in [0.2, 0.25) is 0 Å². The van der Waals surface area contributed by atoms with Crippen molar-refractivity contribution in [1.82, 2.24) is 14.9 Å². The summed E-state index contributed by atoms with van der Waals surface area (Å²) in [7, 11) is 0. The zero-order valence-corrected chi connectivity index (χ0v) is 11.3. The van der Waals surface area contributed by atoms with Crippen LogP contribution in [-0.4, -0.2) is 50.6 Å². The van der Waals surface area contributed by atoms with E-state index in [-0.39, 0.29) is 13.0 Å². The zero-order chi connectivity index (χ0) is 15.1. The second-order valence-electron chi connectivity index (χ2n) is 5.18. The van der Waals surface area contributed by atoms with E-state index in [2.05, 4.69) is 9.97 Å². The number of hydrogen-bond acceptors (Lipinski definition) is 3. The summed E-state index contributed by atoms with van der Waals surface area (Å²) in [6.07, 6.45) is 1.65. The van der Waals surface area contributed by atoms with Gasteiger partial charge in [-0.05, 0) is 18.6 Å². The number of nitrogens with one attached hydrogen (secondary N) is 1. The summed E-state index contributed by atoms with van der Waals surface area (Å²) in [5, 5.41) is 9.92. The first-order valence-corrected chi connectivity index (χ1v) is 6.59. The molecular weight excluding hydrogens is 277 g/mol. The lowest BCUT2D eigenvalue weighted by molar-refractivity contribution is -0.141. The minimum atomic E-state index is -1.31. The number of alkyl halides is 1. The molecule has 21 heavy (non-hydrogen) atoms. The number of H-pyrrole nitrogens is 1. The number of halogens is 1. The van der Waals surface area contributed by atoms with Crippen LogP contribution in [0.5, 0.6) is 0 Å². The number of fused-ring (bicyclic) bond motifs is 1. The second-order valence-corrected chi connectivity index (χ2v) is 5.18. The van der Waals surface area contributed by atoms with Crippen molar-refractivity contribution in [3.8, 4) is 0 Å². The summed E-state index contributed by atoms with van der Waals surface area (Å²) >= 11 is 0.